The van der Waals surface area contributed by atoms with Gasteiger partial charge in [0.05, 0.1) is 0 Å². The second kappa shape index (κ2) is 5.54. The van der Waals surface area contributed by atoms with E-state index in [-0.39, 0.29) is 17.6 Å². The van der Waals surface area contributed by atoms with Crippen molar-refractivity contribution in [3.8, 4) is 11.5 Å². The molecule has 0 amide bonds. The van der Waals surface area contributed by atoms with Gasteiger partial charge in [-0.25, -0.2) is 4.39 Å². The lowest BCUT2D eigenvalue weighted by Gasteiger charge is -2.12. The number of halogens is 1. The topological polar surface area (TPSA) is 21.3 Å². The highest BCUT2D eigenvalue weighted by Crippen LogP contribution is 2.26. The Hall–Kier alpha value is -2.03. The van der Waals surface area contributed by atoms with E-state index in [0.717, 1.165) is 5.69 Å². The average molecular weight is 245 g/mol. The van der Waals surface area contributed by atoms with Crippen LogP contribution in [0, 0.1) is 5.82 Å². The van der Waals surface area contributed by atoms with Crippen LogP contribution in [0.5, 0.6) is 11.5 Å². The number of para-hydroxylation sites is 1. The van der Waals surface area contributed by atoms with Crippen LogP contribution in [-0.2, 0) is 0 Å². The van der Waals surface area contributed by atoms with Crippen LogP contribution in [0.15, 0.2) is 48.5 Å². The first kappa shape index (κ1) is 12.4. The fourth-order valence-electron chi connectivity index (χ4n) is 1.62. The van der Waals surface area contributed by atoms with Crippen LogP contribution in [-0.4, -0.2) is 6.04 Å². The molecule has 2 nitrogen and oxygen atoms in total. The van der Waals surface area contributed by atoms with Crippen LogP contribution in [0.3, 0.4) is 0 Å². The minimum atomic E-state index is -0.371. The second-order valence-electron chi connectivity index (χ2n) is 4.36. The van der Waals surface area contributed by atoms with E-state index in [0.29, 0.717) is 5.75 Å². The van der Waals surface area contributed by atoms with Crippen molar-refractivity contribution in [2.75, 3.05) is 5.32 Å². The van der Waals surface area contributed by atoms with Crippen molar-refractivity contribution in [1.82, 2.24) is 0 Å². The van der Waals surface area contributed by atoms with E-state index in [1.807, 2.05) is 32.0 Å². The van der Waals surface area contributed by atoms with Crippen LogP contribution >= 0.6 is 0 Å². The zero-order chi connectivity index (χ0) is 13.0. The van der Waals surface area contributed by atoms with Gasteiger partial charge in [0.2, 0.25) is 0 Å². The predicted molar refractivity (Wildman–Crippen MR) is 71.7 cm³/mol. The van der Waals surface area contributed by atoms with Crippen molar-refractivity contribution in [2.24, 2.45) is 0 Å². The fraction of sp³-hybridized carbons (Fsp3) is 0.200. The number of hydrogen-bond donors (Lipinski definition) is 1. The minimum absolute atomic E-state index is 0.232. The molecule has 0 bridgehead atoms. The summed E-state index contributed by atoms with van der Waals surface area (Å²) in [5, 5.41) is 3.14. The number of hydrogen-bond acceptors (Lipinski definition) is 2. The first-order chi connectivity index (χ1) is 8.65. The third-order valence-electron chi connectivity index (χ3n) is 2.36. The van der Waals surface area contributed by atoms with Crippen molar-refractivity contribution in [2.45, 2.75) is 19.9 Å². The van der Waals surface area contributed by atoms with Gasteiger partial charge in [-0.1, -0.05) is 18.2 Å². The van der Waals surface area contributed by atoms with Gasteiger partial charge in [-0.2, -0.15) is 0 Å². The summed E-state index contributed by atoms with van der Waals surface area (Å²) in [6.45, 7) is 4.01. The van der Waals surface area contributed by atoms with Crippen LogP contribution in [0.4, 0.5) is 10.1 Å². The molecule has 0 heterocycles. The standard InChI is InChI=1S/C15H16FNO/c1-11(2)17-12-8-9-15(14(16)10-12)18-13-6-4-3-5-7-13/h3-11,17H,1-2H3. The van der Waals surface area contributed by atoms with Gasteiger partial charge in [-0.05, 0) is 38.1 Å². The summed E-state index contributed by atoms with van der Waals surface area (Å²) in [6.07, 6.45) is 0. The average Bonchev–Trinajstić information content (AvgIpc) is 2.33. The monoisotopic (exact) mass is 245 g/mol. The maximum atomic E-state index is 13.8. The van der Waals surface area contributed by atoms with Crippen LogP contribution < -0.4 is 10.1 Å². The number of ether oxygens (including phenoxy) is 1. The molecule has 0 fully saturated rings. The lowest BCUT2D eigenvalue weighted by atomic mass is 10.2. The van der Waals surface area contributed by atoms with Crippen molar-refractivity contribution < 1.29 is 9.13 Å². The SMILES string of the molecule is CC(C)Nc1ccc(Oc2ccccc2)c(F)c1. The number of rotatable bonds is 4. The summed E-state index contributed by atoms with van der Waals surface area (Å²) in [5.74, 6) is 0.487. The first-order valence-electron chi connectivity index (χ1n) is 5.94. The number of nitrogens with one attached hydrogen (secondary N) is 1. The molecule has 0 atom stereocenters. The van der Waals surface area contributed by atoms with Gasteiger partial charge in [0.1, 0.15) is 5.75 Å². The highest BCUT2D eigenvalue weighted by atomic mass is 19.1. The summed E-state index contributed by atoms with van der Waals surface area (Å²) in [4.78, 5) is 0. The Morgan fingerprint density at radius 3 is 2.39 bits per heavy atom. The smallest absolute Gasteiger partial charge is 0.167 e. The summed E-state index contributed by atoms with van der Waals surface area (Å²) >= 11 is 0. The van der Waals surface area contributed by atoms with Crippen molar-refractivity contribution >= 4 is 5.69 Å². The van der Waals surface area contributed by atoms with E-state index < -0.39 is 0 Å². The summed E-state index contributed by atoms with van der Waals surface area (Å²) < 4.78 is 19.3. The molecule has 0 saturated heterocycles. The molecule has 2 aromatic rings. The Balaban J connectivity index is 2.15. The highest BCUT2D eigenvalue weighted by molar-refractivity contribution is 5.48. The van der Waals surface area contributed by atoms with Crippen LogP contribution in [0.1, 0.15) is 13.8 Å². The van der Waals surface area contributed by atoms with E-state index in [2.05, 4.69) is 5.32 Å². The van der Waals surface area contributed by atoms with E-state index >= 15 is 0 Å². The van der Waals surface area contributed by atoms with E-state index in [1.54, 1.807) is 24.3 Å². The van der Waals surface area contributed by atoms with Gasteiger partial charge >= 0.3 is 0 Å². The molecule has 0 unspecified atom stereocenters. The van der Waals surface area contributed by atoms with Gasteiger partial charge in [-0.15, -0.1) is 0 Å². The minimum Gasteiger partial charge on any atom is -0.454 e. The molecule has 2 rings (SSSR count). The van der Waals surface area contributed by atoms with Crippen molar-refractivity contribution in [1.29, 1.82) is 0 Å². The van der Waals surface area contributed by atoms with Gasteiger partial charge in [0, 0.05) is 17.8 Å². The largest absolute Gasteiger partial charge is 0.454 e. The lowest BCUT2D eigenvalue weighted by Crippen LogP contribution is -2.09. The quantitative estimate of drug-likeness (QED) is 0.859. The van der Waals surface area contributed by atoms with Gasteiger partial charge < -0.3 is 10.1 Å². The Morgan fingerprint density at radius 2 is 1.78 bits per heavy atom. The molecule has 18 heavy (non-hydrogen) atoms. The molecule has 3 heteroatoms. The van der Waals surface area contributed by atoms with Crippen LogP contribution in [0.2, 0.25) is 0 Å². The van der Waals surface area contributed by atoms with Crippen molar-refractivity contribution in [3.63, 3.8) is 0 Å². The van der Waals surface area contributed by atoms with Gasteiger partial charge in [0.25, 0.3) is 0 Å². The molecule has 0 radical (unpaired) electrons. The molecule has 0 spiro atoms. The maximum absolute atomic E-state index is 13.8. The molecule has 1 N–H and O–H groups in total. The van der Waals surface area contributed by atoms with Gasteiger partial charge in [0.15, 0.2) is 11.6 Å². The zero-order valence-corrected chi connectivity index (χ0v) is 10.5. The fourth-order valence-corrected chi connectivity index (χ4v) is 1.62. The normalized spacial score (nSPS) is 10.4. The molecule has 2 aromatic carbocycles. The molecule has 0 aliphatic heterocycles. The summed E-state index contributed by atoms with van der Waals surface area (Å²) in [7, 11) is 0. The van der Waals surface area contributed by atoms with Gasteiger partial charge in [-0.3, -0.25) is 0 Å². The molecule has 0 saturated carbocycles. The Labute approximate surface area is 106 Å². The van der Waals surface area contributed by atoms with Crippen LogP contribution in [0.25, 0.3) is 0 Å². The number of anilines is 1. The number of benzene rings is 2. The molecule has 94 valence electrons. The summed E-state index contributed by atoms with van der Waals surface area (Å²) in [5.41, 5.74) is 0.753. The maximum Gasteiger partial charge on any atom is 0.167 e. The molecule has 0 aliphatic carbocycles. The first-order valence-corrected chi connectivity index (χ1v) is 5.94. The zero-order valence-electron chi connectivity index (χ0n) is 10.5. The highest BCUT2D eigenvalue weighted by Gasteiger charge is 2.06. The second-order valence-corrected chi connectivity index (χ2v) is 4.36. The van der Waals surface area contributed by atoms with E-state index in [1.165, 1.54) is 6.07 Å². The Kier molecular flexibility index (Phi) is 3.82. The third-order valence-corrected chi connectivity index (χ3v) is 2.36. The lowest BCUT2D eigenvalue weighted by molar-refractivity contribution is 0.442. The molecular formula is C15H16FNO. The van der Waals surface area contributed by atoms with Crippen molar-refractivity contribution in [3.05, 3.63) is 54.3 Å². The molecule has 0 aromatic heterocycles. The summed E-state index contributed by atoms with van der Waals surface area (Å²) in [6, 6.07) is 14.3. The molecule has 0 aliphatic rings. The Bertz CT molecular complexity index is 511. The Morgan fingerprint density at radius 1 is 1.06 bits per heavy atom. The van der Waals surface area contributed by atoms with E-state index in [9.17, 15) is 4.39 Å². The molecular weight excluding hydrogens is 229 g/mol. The third kappa shape index (κ3) is 3.23. The predicted octanol–water partition coefficient (Wildman–Crippen LogP) is 4.44. The van der Waals surface area contributed by atoms with E-state index in [4.69, 9.17) is 4.74 Å².